The Labute approximate surface area is 278 Å². The van der Waals surface area contributed by atoms with Crippen molar-refractivity contribution in [1.82, 2.24) is 20.5 Å². The van der Waals surface area contributed by atoms with Gasteiger partial charge in [0.1, 0.15) is 18.4 Å². The van der Waals surface area contributed by atoms with Gasteiger partial charge in [-0.15, -0.1) is 0 Å². The number of anilines is 3. The lowest BCUT2D eigenvalue weighted by atomic mass is 10.0. The number of fused-ring (bicyclic) bond motifs is 2. The minimum atomic E-state index is -1.39. The molecule has 0 spiro atoms. The van der Waals surface area contributed by atoms with Crippen LogP contribution in [0.4, 0.5) is 21.9 Å². The normalized spacial score (nSPS) is 17.1. The Hall–Kier alpha value is -6.48. The average molecular weight is 666 g/mol. The lowest BCUT2D eigenvalue weighted by Gasteiger charge is -2.31. The van der Waals surface area contributed by atoms with Crippen molar-refractivity contribution in [2.45, 2.75) is 25.1 Å². The van der Waals surface area contributed by atoms with Crippen molar-refractivity contribution in [3.8, 4) is 5.75 Å². The van der Waals surface area contributed by atoms with Crippen LogP contribution in [0.15, 0.2) is 85.1 Å². The monoisotopic (exact) mass is 665 g/mol. The summed E-state index contributed by atoms with van der Waals surface area (Å²) in [5.41, 5.74) is 2.97. The van der Waals surface area contributed by atoms with Crippen LogP contribution in [0.25, 0.3) is 10.9 Å². The molecule has 250 valence electrons. The van der Waals surface area contributed by atoms with E-state index in [0.29, 0.717) is 22.8 Å². The van der Waals surface area contributed by atoms with Gasteiger partial charge in [-0.25, -0.2) is 4.79 Å². The molecule has 1 saturated heterocycles. The second-order valence-corrected chi connectivity index (χ2v) is 11.2. The van der Waals surface area contributed by atoms with Gasteiger partial charge in [0, 0.05) is 58.5 Å². The molecule has 2 atom stereocenters. The number of aliphatic hydroxyl groups excluding tert-OH is 1. The molecule has 3 aromatic carbocycles. The molecule has 0 aliphatic carbocycles. The van der Waals surface area contributed by atoms with Crippen LogP contribution in [0, 0.1) is 0 Å². The molecule has 1 fully saturated rings. The standard InChI is InChI=1S/C34H31N7O8/c42-28(36-15-16-49-23-7-8-24-25(18-23)33(47)41(32(24)46)27-9-10-30(44)40-31(27)45)11-12-29(43)37-20-3-5-21(6-4-20)38-34(48)39-22-2-1-19-13-14-35-26(19)17-22/h1-8,11-14,17-18,27,33,35,47H,9-10,15-16H2,(H,36,42)(H,37,43)(H2,38,39,48)(H,40,44,45)/b12-11+. The van der Waals surface area contributed by atoms with Gasteiger partial charge < -0.3 is 36.1 Å². The number of nitrogens with one attached hydrogen (secondary N) is 6. The summed E-state index contributed by atoms with van der Waals surface area (Å²) in [5.74, 6) is -2.33. The van der Waals surface area contributed by atoms with Crippen molar-refractivity contribution >= 4 is 63.5 Å². The number of carbonyl (C=O) groups excluding carboxylic acids is 6. The SMILES string of the molecule is O=C(/C=C/C(=O)Nc1ccc(NC(=O)Nc2ccc3cc[nH]c3c2)cc1)NCCOc1ccc2c(c1)C(O)N(C1CCC(=O)NC1=O)C2=O. The van der Waals surface area contributed by atoms with Gasteiger partial charge in [-0.1, -0.05) is 6.07 Å². The largest absolute Gasteiger partial charge is 0.492 e. The van der Waals surface area contributed by atoms with Crippen molar-refractivity contribution in [2.24, 2.45) is 0 Å². The second kappa shape index (κ2) is 14.1. The number of ether oxygens (including phenoxy) is 1. The van der Waals surface area contributed by atoms with E-state index >= 15 is 0 Å². The van der Waals surface area contributed by atoms with Gasteiger partial charge in [0.15, 0.2) is 6.23 Å². The van der Waals surface area contributed by atoms with Crippen LogP contribution in [-0.2, 0) is 19.2 Å². The Morgan fingerprint density at radius 2 is 1.59 bits per heavy atom. The van der Waals surface area contributed by atoms with Crippen LogP contribution in [0.2, 0.25) is 0 Å². The van der Waals surface area contributed by atoms with Crippen molar-refractivity contribution in [3.63, 3.8) is 0 Å². The minimum Gasteiger partial charge on any atom is -0.492 e. The molecule has 0 radical (unpaired) electrons. The van der Waals surface area contributed by atoms with Gasteiger partial charge in [-0.2, -0.15) is 0 Å². The maximum Gasteiger partial charge on any atom is 0.323 e. The Balaban J connectivity index is 0.909. The van der Waals surface area contributed by atoms with Crippen molar-refractivity contribution in [1.29, 1.82) is 0 Å². The van der Waals surface area contributed by atoms with Crippen LogP contribution >= 0.6 is 0 Å². The first-order chi connectivity index (χ1) is 23.6. The predicted molar refractivity (Wildman–Crippen MR) is 177 cm³/mol. The van der Waals surface area contributed by atoms with E-state index in [4.69, 9.17) is 4.74 Å². The average Bonchev–Trinajstić information content (AvgIpc) is 3.64. The van der Waals surface area contributed by atoms with Crippen molar-refractivity contribution in [2.75, 3.05) is 29.1 Å². The predicted octanol–water partition coefficient (Wildman–Crippen LogP) is 2.75. The highest BCUT2D eigenvalue weighted by Crippen LogP contribution is 2.37. The van der Waals surface area contributed by atoms with Gasteiger partial charge in [0.2, 0.25) is 23.6 Å². The molecule has 15 heteroatoms. The number of aromatic amines is 1. The molecule has 2 aliphatic heterocycles. The molecule has 3 heterocycles. The van der Waals surface area contributed by atoms with Crippen molar-refractivity contribution < 1.29 is 38.6 Å². The number of hydrogen-bond donors (Lipinski definition) is 7. The lowest BCUT2D eigenvalue weighted by Crippen LogP contribution is -2.53. The Morgan fingerprint density at radius 3 is 2.37 bits per heavy atom. The van der Waals surface area contributed by atoms with E-state index in [2.05, 4.69) is 31.6 Å². The number of benzene rings is 3. The first-order valence-electron chi connectivity index (χ1n) is 15.3. The second-order valence-electron chi connectivity index (χ2n) is 11.2. The fourth-order valence-corrected chi connectivity index (χ4v) is 5.49. The molecule has 6 rings (SSSR count). The van der Waals surface area contributed by atoms with Crippen LogP contribution in [-0.4, -0.2) is 69.8 Å². The number of piperidine rings is 1. The number of amides is 7. The number of rotatable bonds is 10. The Morgan fingerprint density at radius 1 is 0.878 bits per heavy atom. The van der Waals surface area contributed by atoms with E-state index in [1.54, 1.807) is 30.3 Å². The number of aliphatic hydroxyl groups is 1. The fourth-order valence-electron chi connectivity index (χ4n) is 5.49. The van der Waals surface area contributed by atoms with Gasteiger partial charge in [-0.05, 0) is 72.5 Å². The molecular weight excluding hydrogens is 634 g/mol. The summed E-state index contributed by atoms with van der Waals surface area (Å²) in [4.78, 5) is 77.6. The molecule has 2 unspecified atom stereocenters. The number of urea groups is 1. The summed E-state index contributed by atoms with van der Waals surface area (Å²) >= 11 is 0. The summed E-state index contributed by atoms with van der Waals surface area (Å²) in [7, 11) is 0. The molecule has 1 aromatic heterocycles. The topological polar surface area (TPSA) is 211 Å². The zero-order chi connectivity index (χ0) is 34.5. The number of carbonyl (C=O) groups is 6. The van der Waals surface area contributed by atoms with E-state index in [0.717, 1.165) is 28.0 Å². The van der Waals surface area contributed by atoms with E-state index in [1.807, 2.05) is 24.4 Å². The van der Waals surface area contributed by atoms with Gasteiger partial charge in [0.05, 0.1) is 6.54 Å². The lowest BCUT2D eigenvalue weighted by molar-refractivity contribution is -0.139. The molecule has 7 amide bonds. The van der Waals surface area contributed by atoms with Crippen LogP contribution in [0.3, 0.4) is 0 Å². The van der Waals surface area contributed by atoms with Crippen molar-refractivity contribution in [3.05, 3.63) is 96.2 Å². The number of aromatic nitrogens is 1. The molecule has 7 N–H and O–H groups in total. The molecule has 0 bridgehead atoms. The molecule has 0 saturated carbocycles. The zero-order valence-corrected chi connectivity index (χ0v) is 25.8. The maximum absolute atomic E-state index is 12.9. The van der Waals surface area contributed by atoms with Crippen LogP contribution in [0.5, 0.6) is 5.75 Å². The number of H-pyrrole nitrogens is 1. The van der Waals surface area contributed by atoms with E-state index in [9.17, 15) is 33.9 Å². The molecule has 4 aromatic rings. The van der Waals surface area contributed by atoms with Gasteiger partial charge in [0.25, 0.3) is 5.91 Å². The molecular formula is C34H31N7O8. The number of hydrogen-bond acceptors (Lipinski definition) is 8. The highest BCUT2D eigenvalue weighted by molar-refractivity contribution is 6.06. The molecule has 2 aliphatic rings. The van der Waals surface area contributed by atoms with Crippen LogP contribution < -0.4 is 31.3 Å². The number of nitrogens with zero attached hydrogens (tertiary/aromatic N) is 1. The highest BCUT2D eigenvalue weighted by Gasteiger charge is 2.44. The Kier molecular flexibility index (Phi) is 9.34. The summed E-state index contributed by atoms with van der Waals surface area (Å²) in [5, 5.41) is 24.7. The summed E-state index contributed by atoms with van der Waals surface area (Å²) in [6, 6.07) is 17.0. The third-order valence-electron chi connectivity index (χ3n) is 7.85. The minimum absolute atomic E-state index is 0.0475. The first-order valence-corrected chi connectivity index (χ1v) is 15.3. The first kappa shape index (κ1) is 32.5. The smallest absolute Gasteiger partial charge is 0.323 e. The summed E-state index contributed by atoms with van der Waals surface area (Å²) in [6.07, 6.45) is 2.75. The third-order valence-corrected chi connectivity index (χ3v) is 7.85. The fraction of sp³-hybridized carbons (Fsp3) is 0.176. The third kappa shape index (κ3) is 7.58. The highest BCUT2D eigenvalue weighted by atomic mass is 16.5. The Bertz CT molecular complexity index is 1990. The summed E-state index contributed by atoms with van der Waals surface area (Å²) in [6.45, 7) is 0.139. The van der Waals surface area contributed by atoms with Crippen LogP contribution in [0.1, 0.15) is 35.0 Å². The summed E-state index contributed by atoms with van der Waals surface area (Å²) < 4.78 is 5.65. The van der Waals surface area contributed by atoms with Gasteiger partial charge in [-0.3, -0.25) is 34.2 Å². The molecule has 49 heavy (non-hydrogen) atoms. The quantitative estimate of drug-likeness (QED) is 0.0759. The zero-order valence-electron chi connectivity index (χ0n) is 25.8. The van der Waals surface area contributed by atoms with Gasteiger partial charge >= 0.3 is 6.03 Å². The maximum atomic E-state index is 12.9. The van der Waals surface area contributed by atoms with E-state index in [1.165, 1.54) is 18.2 Å². The molecule has 15 nitrogen and oxygen atoms in total. The number of imide groups is 1. The van der Waals surface area contributed by atoms with E-state index < -0.39 is 47.8 Å². The van der Waals surface area contributed by atoms with E-state index in [-0.39, 0.29) is 37.1 Å².